The Kier molecular flexibility index (Phi) is 8.04. The molecule has 2 heterocycles. The summed E-state index contributed by atoms with van der Waals surface area (Å²) in [5.41, 5.74) is 1.18. The highest BCUT2D eigenvalue weighted by Gasteiger charge is 2.20. The van der Waals surface area contributed by atoms with Gasteiger partial charge in [0.05, 0.1) is 12.9 Å². The van der Waals surface area contributed by atoms with Gasteiger partial charge in [0.2, 0.25) is 5.91 Å². The number of piperazine rings is 1. The first-order valence-corrected chi connectivity index (χ1v) is 11.5. The summed E-state index contributed by atoms with van der Waals surface area (Å²) in [5.74, 6) is 1.91. The van der Waals surface area contributed by atoms with Crippen molar-refractivity contribution < 1.29 is 9.53 Å². The van der Waals surface area contributed by atoms with Crippen LogP contribution < -0.4 is 19.9 Å². The van der Waals surface area contributed by atoms with Crippen LogP contribution in [0.5, 0.6) is 5.75 Å². The molecule has 1 aliphatic heterocycles. The van der Waals surface area contributed by atoms with E-state index in [1.807, 2.05) is 26.0 Å². The number of anilines is 2. The van der Waals surface area contributed by atoms with Crippen molar-refractivity contribution in [2.24, 2.45) is 0 Å². The molecule has 1 aromatic carbocycles. The van der Waals surface area contributed by atoms with Gasteiger partial charge in [0, 0.05) is 44.0 Å². The predicted octanol–water partition coefficient (Wildman–Crippen LogP) is 3.47. The molecule has 7 nitrogen and oxygen atoms in total. The van der Waals surface area contributed by atoms with Crippen LogP contribution in [0.1, 0.15) is 20.3 Å². The molecule has 30 heavy (non-hydrogen) atoms. The van der Waals surface area contributed by atoms with E-state index in [9.17, 15) is 4.79 Å². The SMILES string of the molecule is CCC(C)NC(=O)CSc1nc(Cl)cc(N2CCN(c3ccc(OC)cc3)CC2)n1. The Bertz CT molecular complexity index is 844. The molecule has 1 atom stereocenters. The number of benzene rings is 1. The Labute approximate surface area is 187 Å². The summed E-state index contributed by atoms with van der Waals surface area (Å²) in [4.78, 5) is 25.5. The molecular weight excluding hydrogens is 422 g/mol. The minimum Gasteiger partial charge on any atom is -0.497 e. The third-order valence-electron chi connectivity index (χ3n) is 5.05. The number of amides is 1. The second-order valence-corrected chi connectivity index (χ2v) is 8.50. The van der Waals surface area contributed by atoms with E-state index in [1.54, 1.807) is 13.2 Å². The molecule has 0 aliphatic carbocycles. The molecule has 1 saturated heterocycles. The Balaban J connectivity index is 1.58. The molecule has 1 aliphatic rings. The monoisotopic (exact) mass is 449 g/mol. The lowest BCUT2D eigenvalue weighted by Crippen LogP contribution is -2.46. The number of ether oxygens (including phenoxy) is 1. The Hall–Kier alpha value is -2.19. The molecule has 2 aromatic rings. The van der Waals surface area contributed by atoms with E-state index < -0.39 is 0 Å². The van der Waals surface area contributed by atoms with Crippen molar-refractivity contribution in [2.75, 3.05) is 48.8 Å². The Morgan fingerprint density at radius 1 is 1.20 bits per heavy atom. The molecule has 0 radical (unpaired) electrons. The predicted molar refractivity (Wildman–Crippen MR) is 123 cm³/mol. The van der Waals surface area contributed by atoms with Gasteiger partial charge in [0.25, 0.3) is 0 Å². The highest BCUT2D eigenvalue weighted by molar-refractivity contribution is 7.99. The van der Waals surface area contributed by atoms with Gasteiger partial charge in [-0.15, -0.1) is 0 Å². The quantitative estimate of drug-likeness (QED) is 0.376. The van der Waals surface area contributed by atoms with Gasteiger partial charge in [0.1, 0.15) is 16.7 Å². The zero-order chi connectivity index (χ0) is 21.5. The Morgan fingerprint density at radius 3 is 2.50 bits per heavy atom. The lowest BCUT2D eigenvalue weighted by atomic mass is 10.2. The van der Waals surface area contributed by atoms with Gasteiger partial charge in [-0.1, -0.05) is 30.3 Å². The first-order chi connectivity index (χ1) is 14.5. The molecule has 1 unspecified atom stereocenters. The number of hydrogen-bond donors (Lipinski definition) is 1. The van der Waals surface area contributed by atoms with Gasteiger partial charge in [-0.3, -0.25) is 4.79 Å². The summed E-state index contributed by atoms with van der Waals surface area (Å²) in [5, 5.41) is 3.86. The van der Waals surface area contributed by atoms with Crippen molar-refractivity contribution >= 4 is 40.8 Å². The van der Waals surface area contributed by atoms with Crippen LogP contribution in [-0.2, 0) is 4.79 Å². The van der Waals surface area contributed by atoms with E-state index in [0.29, 0.717) is 10.3 Å². The van der Waals surface area contributed by atoms with Crippen molar-refractivity contribution in [3.05, 3.63) is 35.5 Å². The largest absolute Gasteiger partial charge is 0.497 e. The van der Waals surface area contributed by atoms with Crippen LogP contribution in [0, 0.1) is 0 Å². The fraction of sp³-hybridized carbons (Fsp3) is 0.476. The maximum atomic E-state index is 12.0. The van der Waals surface area contributed by atoms with E-state index in [4.69, 9.17) is 16.3 Å². The molecule has 0 spiro atoms. The first kappa shape index (κ1) is 22.5. The number of halogens is 1. The van der Waals surface area contributed by atoms with Gasteiger partial charge in [-0.25, -0.2) is 9.97 Å². The van der Waals surface area contributed by atoms with E-state index >= 15 is 0 Å². The standard InChI is InChI=1S/C21H28ClN5O2S/c1-4-15(2)23-20(28)14-30-21-24-18(22)13-19(25-21)27-11-9-26(10-12-27)16-5-7-17(29-3)8-6-16/h5-8,13,15H,4,9-12,14H2,1-3H3,(H,23,28). The summed E-state index contributed by atoms with van der Waals surface area (Å²) in [7, 11) is 1.67. The van der Waals surface area contributed by atoms with Crippen LogP contribution in [0.4, 0.5) is 11.5 Å². The first-order valence-electron chi connectivity index (χ1n) is 10.1. The van der Waals surface area contributed by atoms with Crippen molar-refractivity contribution in [1.29, 1.82) is 0 Å². The highest BCUT2D eigenvalue weighted by Crippen LogP contribution is 2.25. The fourth-order valence-electron chi connectivity index (χ4n) is 3.15. The molecule has 9 heteroatoms. The van der Waals surface area contributed by atoms with Crippen molar-refractivity contribution in [3.63, 3.8) is 0 Å². The summed E-state index contributed by atoms with van der Waals surface area (Å²) < 4.78 is 5.23. The number of thioether (sulfide) groups is 1. The number of carbonyl (C=O) groups excluding carboxylic acids is 1. The van der Waals surface area contributed by atoms with Crippen molar-refractivity contribution in [2.45, 2.75) is 31.5 Å². The summed E-state index contributed by atoms with van der Waals surface area (Å²) in [6, 6.07) is 10.1. The number of nitrogens with zero attached hydrogens (tertiary/aromatic N) is 4. The zero-order valence-corrected chi connectivity index (χ0v) is 19.2. The molecule has 162 valence electrons. The maximum absolute atomic E-state index is 12.0. The number of carbonyl (C=O) groups is 1. The molecule has 1 N–H and O–H groups in total. The summed E-state index contributed by atoms with van der Waals surface area (Å²) >= 11 is 7.54. The number of methoxy groups -OCH3 is 1. The lowest BCUT2D eigenvalue weighted by molar-refractivity contribution is -0.119. The van der Waals surface area contributed by atoms with Crippen LogP contribution in [0.25, 0.3) is 0 Å². The fourth-order valence-corrected chi connectivity index (χ4v) is 4.04. The van der Waals surface area contributed by atoms with Gasteiger partial charge < -0.3 is 19.9 Å². The molecule has 0 bridgehead atoms. The van der Waals surface area contributed by atoms with Crippen LogP contribution in [0.3, 0.4) is 0 Å². The van der Waals surface area contributed by atoms with Gasteiger partial charge in [0.15, 0.2) is 5.16 Å². The van der Waals surface area contributed by atoms with E-state index in [-0.39, 0.29) is 17.7 Å². The molecule has 1 amide bonds. The minimum absolute atomic E-state index is 0.0208. The third kappa shape index (κ3) is 6.15. The minimum atomic E-state index is -0.0208. The summed E-state index contributed by atoms with van der Waals surface area (Å²) in [6.07, 6.45) is 0.900. The smallest absolute Gasteiger partial charge is 0.230 e. The number of aromatic nitrogens is 2. The molecule has 0 saturated carbocycles. The summed E-state index contributed by atoms with van der Waals surface area (Å²) in [6.45, 7) is 7.46. The van der Waals surface area contributed by atoms with Crippen molar-refractivity contribution in [3.8, 4) is 5.75 Å². The van der Waals surface area contributed by atoms with E-state index in [1.165, 1.54) is 17.4 Å². The van der Waals surface area contributed by atoms with Crippen LogP contribution in [-0.4, -0.2) is 61.0 Å². The van der Waals surface area contributed by atoms with E-state index in [0.717, 1.165) is 44.2 Å². The maximum Gasteiger partial charge on any atom is 0.230 e. The van der Waals surface area contributed by atoms with Crippen molar-refractivity contribution in [1.82, 2.24) is 15.3 Å². The second kappa shape index (κ2) is 10.7. The number of hydrogen-bond acceptors (Lipinski definition) is 7. The third-order valence-corrected chi connectivity index (χ3v) is 6.10. The van der Waals surface area contributed by atoms with Gasteiger partial charge in [-0.05, 0) is 37.6 Å². The zero-order valence-electron chi connectivity index (χ0n) is 17.6. The van der Waals surface area contributed by atoms with Crippen LogP contribution in [0.15, 0.2) is 35.5 Å². The Morgan fingerprint density at radius 2 is 1.87 bits per heavy atom. The normalized spacial score (nSPS) is 15.1. The lowest BCUT2D eigenvalue weighted by Gasteiger charge is -2.36. The van der Waals surface area contributed by atoms with Crippen LogP contribution >= 0.6 is 23.4 Å². The highest BCUT2D eigenvalue weighted by atomic mass is 35.5. The molecular formula is C21H28ClN5O2S. The molecule has 1 aromatic heterocycles. The van der Waals surface area contributed by atoms with E-state index in [2.05, 4.69) is 37.2 Å². The van der Waals surface area contributed by atoms with Gasteiger partial charge in [-0.2, -0.15) is 0 Å². The average molecular weight is 450 g/mol. The topological polar surface area (TPSA) is 70.6 Å². The number of nitrogens with one attached hydrogen (secondary N) is 1. The number of rotatable bonds is 8. The van der Waals surface area contributed by atoms with Gasteiger partial charge >= 0.3 is 0 Å². The second-order valence-electron chi connectivity index (χ2n) is 7.17. The van der Waals surface area contributed by atoms with Crippen LogP contribution in [0.2, 0.25) is 5.15 Å². The molecule has 3 rings (SSSR count). The average Bonchev–Trinajstić information content (AvgIpc) is 2.77. The molecule has 1 fully saturated rings.